The van der Waals surface area contributed by atoms with Gasteiger partial charge in [-0.15, -0.1) is 0 Å². The quantitative estimate of drug-likeness (QED) is 0.871. The number of nitrogens with zero attached hydrogens (tertiary/aromatic N) is 2. The van der Waals surface area contributed by atoms with Gasteiger partial charge in [0.05, 0.1) is 0 Å². The fourth-order valence-corrected chi connectivity index (χ4v) is 2.22. The first kappa shape index (κ1) is 16.4. The van der Waals surface area contributed by atoms with E-state index in [4.69, 9.17) is 0 Å². The monoisotopic (exact) mass is 318 g/mol. The van der Waals surface area contributed by atoms with E-state index in [0.717, 1.165) is 18.2 Å². The van der Waals surface area contributed by atoms with Crippen LogP contribution in [0.2, 0.25) is 0 Å². The molecule has 0 aliphatic carbocycles. The Morgan fingerprint density at radius 1 is 1.45 bits per heavy atom. The number of carbonyl (C=O) groups excluding carboxylic acids is 1. The predicted molar refractivity (Wildman–Crippen MR) is 70.5 cm³/mol. The zero-order valence-corrected chi connectivity index (χ0v) is 11.7. The van der Waals surface area contributed by atoms with E-state index >= 15 is 0 Å². The van der Waals surface area contributed by atoms with Gasteiger partial charge in [0.1, 0.15) is 5.82 Å². The highest BCUT2D eigenvalue weighted by atomic mass is 19.4. The van der Waals surface area contributed by atoms with Gasteiger partial charge < -0.3 is 5.11 Å². The molecule has 1 aliphatic rings. The molecule has 0 aromatic heterocycles. The van der Waals surface area contributed by atoms with Gasteiger partial charge in [0.2, 0.25) is 0 Å². The number of rotatable bonds is 3. The summed E-state index contributed by atoms with van der Waals surface area (Å²) in [6.45, 7) is 1.74. The highest BCUT2D eigenvalue weighted by Gasteiger charge is 2.63. The molecule has 0 radical (unpaired) electrons. The minimum Gasteiger partial charge on any atom is -0.362 e. The molecular weight excluding hydrogens is 304 g/mol. The van der Waals surface area contributed by atoms with Crippen molar-refractivity contribution in [3.8, 4) is 0 Å². The van der Waals surface area contributed by atoms with Gasteiger partial charge in [0.15, 0.2) is 0 Å². The third kappa shape index (κ3) is 2.83. The summed E-state index contributed by atoms with van der Waals surface area (Å²) < 4.78 is 52.7. The topological polar surface area (TPSA) is 52.9 Å². The predicted octanol–water partition coefficient (Wildman–Crippen LogP) is 3.08. The molecule has 2 rings (SSSR count). The van der Waals surface area contributed by atoms with Crippen LogP contribution in [0.4, 0.5) is 17.6 Å². The van der Waals surface area contributed by atoms with E-state index in [1.807, 2.05) is 0 Å². The number of hydrogen-bond donors (Lipinski definition) is 1. The standard InChI is InChI=1S/C14H14F4N2O2/c1-2-4-11-8-13(22,14(16,17)18)20(19-11)12(21)9-5-3-6-10(15)7-9/h3,5-7,22H,2,4,8H2,1H3/t13-/m1/s1. The first-order chi connectivity index (χ1) is 10.2. The summed E-state index contributed by atoms with van der Waals surface area (Å²) in [6, 6.07) is 4.21. The van der Waals surface area contributed by atoms with Gasteiger partial charge in [-0.3, -0.25) is 4.79 Å². The molecule has 0 saturated carbocycles. The van der Waals surface area contributed by atoms with Crippen molar-refractivity contribution in [2.45, 2.75) is 38.1 Å². The molecule has 8 heteroatoms. The molecule has 1 aromatic carbocycles. The molecular formula is C14H14F4N2O2. The maximum Gasteiger partial charge on any atom is 0.438 e. The summed E-state index contributed by atoms with van der Waals surface area (Å²) in [4.78, 5) is 12.2. The highest BCUT2D eigenvalue weighted by molar-refractivity contribution is 5.98. The molecule has 0 spiro atoms. The van der Waals surface area contributed by atoms with E-state index in [-0.39, 0.29) is 22.7 Å². The fourth-order valence-electron chi connectivity index (χ4n) is 2.22. The lowest BCUT2D eigenvalue weighted by Crippen LogP contribution is -2.56. The van der Waals surface area contributed by atoms with Gasteiger partial charge in [0.25, 0.3) is 11.6 Å². The Bertz CT molecular complexity index is 615. The Balaban J connectivity index is 2.41. The van der Waals surface area contributed by atoms with Crippen LogP contribution in [0.1, 0.15) is 36.5 Å². The van der Waals surface area contributed by atoms with Crippen LogP contribution in [-0.4, -0.2) is 33.6 Å². The Hall–Kier alpha value is -1.96. The van der Waals surface area contributed by atoms with E-state index in [2.05, 4.69) is 5.10 Å². The van der Waals surface area contributed by atoms with Crippen molar-refractivity contribution in [2.24, 2.45) is 5.10 Å². The summed E-state index contributed by atoms with van der Waals surface area (Å²) in [6.07, 6.45) is -5.12. The number of halogens is 4. The highest BCUT2D eigenvalue weighted by Crippen LogP contribution is 2.41. The summed E-state index contributed by atoms with van der Waals surface area (Å²) >= 11 is 0. The lowest BCUT2D eigenvalue weighted by molar-refractivity contribution is -0.297. The van der Waals surface area contributed by atoms with Gasteiger partial charge in [-0.05, 0) is 24.6 Å². The third-order valence-electron chi connectivity index (χ3n) is 3.30. The Morgan fingerprint density at radius 3 is 2.68 bits per heavy atom. The Morgan fingerprint density at radius 2 is 2.14 bits per heavy atom. The largest absolute Gasteiger partial charge is 0.438 e. The van der Waals surface area contributed by atoms with Crippen molar-refractivity contribution in [3.05, 3.63) is 35.6 Å². The first-order valence-corrected chi connectivity index (χ1v) is 6.64. The molecule has 0 unspecified atom stereocenters. The average Bonchev–Trinajstić information content (AvgIpc) is 2.76. The van der Waals surface area contributed by atoms with E-state index in [1.54, 1.807) is 6.92 Å². The molecule has 1 aliphatic heterocycles. The van der Waals surface area contributed by atoms with Crippen molar-refractivity contribution >= 4 is 11.6 Å². The first-order valence-electron chi connectivity index (χ1n) is 6.64. The van der Waals surface area contributed by atoms with E-state index in [9.17, 15) is 27.5 Å². The summed E-state index contributed by atoms with van der Waals surface area (Å²) in [5.74, 6) is -1.97. The second-order valence-corrected chi connectivity index (χ2v) is 5.03. The number of benzene rings is 1. The lowest BCUT2D eigenvalue weighted by atomic mass is 10.0. The zero-order chi connectivity index (χ0) is 16.5. The molecule has 1 atom stereocenters. The molecule has 0 saturated heterocycles. The number of amides is 1. The van der Waals surface area contributed by atoms with Crippen LogP contribution in [0.3, 0.4) is 0 Å². The van der Waals surface area contributed by atoms with Crippen LogP contribution in [0.15, 0.2) is 29.4 Å². The number of hydrazone groups is 1. The minimum absolute atomic E-state index is 0.00671. The molecule has 0 bridgehead atoms. The Labute approximate surface area is 124 Å². The molecule has 1 heterocycles. The van der Waals surface area contributed by atoms with Crippen LogP contribution in [0.5, 0.6) is 0 Å². The minimum atomic E-state index is -5.07. The normalized spacial score (nSPS) is 21.9. The van der Waals surface area contributed by atoms with E-state index in [0.29, 0.717) is 6.42 Å². The smallest absolute Gasteiger partial charge is 0.362 e. The zero-order valence-electron chi connectivity index (χ0n) is 11.7. The number of alkyl halides is 3. The summed E-state index contributed by atoms with van der Waals surface area (Å²) in [5.41, 5.74) is -3.64. The number of hydrogen-bond acceptors (Lipinski definition) is 3. The van der Waals surface area contributed by atoms with E-state index in [1.165, 1.54) is 6.07 Å². The number of aliphatic hydroxyl groups is 1. The second kappa shape index (κ2) is 5.68. The van der Waals surface area contributed by atoms with Crippen molar-refractivity contribution in [1.29, 1.82) is 0 Å². The maximum absolute atomic E-state index is 13.2. The molecule has 120 valence electrons. The van der Waals surface area contributed by atoms with Crippen LogP contribution >= 0.6 is 0 Å². The van der Waals surface area contributed by atoms with E-state index < -0.39 is 30.0 Å². The second-order valence-electron chi connectivity index (χ2n) is 5.03. The number of carbonyl (C=O) groups is 1. The van der Waals surface area contributed by atoms with Gasteiger partial charge in [-0.25, -0.2) is 4.39 Å². The molecule has 1 aromatic rings. The van der Waals surface area contributed by atoms with Crippen molar-refractivity contribution < 1.29 is 27.5 Å². The summed E-state index contributed by atoms with van der Waals surface area (Å²) in [7, 11) is 0. The summed E-state index contributed by atoms with van der Waals surface area (Å²) in [5, 5.41) is 13.6. The SMILES string of the molecule is CCCC1=NN(C(=O)c2cccc(F)c2)[C@](O)(C(F)(F)F)C1. The van der Waals surface area contributed by atoms with Gasteiger partial charge in [0, 0.05) is 17.7 Å². The maximum atomic E-state index is 13.2. The van der Waals surface area contributed by atoms with Gasteiger partial charge >= 0.3 is 6.18 Å². The van der Waals surface area contributed by atoms with Crippen LogP contribution in [0, 0.1) is 5.82 Å². The van der Waals surface area contributed by atoms with Crippen LogP contribution in [-0.2, 0) is 0 Å². The average molecular weight is 318 g/mol. The van der Waals surface area contributed by atoms with Crippen molar-refractivity contribution in [3.63, 3.8) is 0 Å². The lowest BCUT2D eigenvalue weighted by Gasteiger charge is -2.32. The van der Waals surface area contributed by atoms with Crippen molar-refractivity contribution in [2.75, 3.05) is 0 Å². The van der Waals surface area contributed by atoms with Crippen molar-refractivity contribution in [1.82, 2.24) is 5.01 Å². The third-order valence-corrected chi connectivity index (χ3v) is 3.30. The molecule has 0 fully saturated rings. The molecule has 22 heavy (non-hydrogen) atoms. The van der Waals surface area contributed by atoms with Gasteiger partial charge in [-0.1, -0.05) is 19.4 Å². The Kier molecular flexibility index (Phi) is 4.23. The molecule has 1 N–H and O–H groups in total. The van der Waals surface area contributed by atoms with Gasteiger partial charge in [-0.2, -0.15) is 23.3 Å². The van der Waals surface area contributed by atoms with Crippen LogP contribution in [0.25, 0.3) is 0 Å². The molecule has 1 amide bonds. The molecule has 4 nitrogen and oxygen atoms in total. The van der Waals surface area contributed by atoms with Crippen LogP contribution < -0.4 is 0 Å². The fraction of sp³-hybridized carbons (Fsp3) is 0.429.